The van der Waals surface area contributed by atoms with E-state index in [-0.39, 0.29) is 11.7 Å². The molecule has 20 heavy (non-hydrogen) atoms. The zero-order valence-electron chi connectivity index (χ0n) is 12.0. The highest BCUT2D eigenvalue weighted by Crippen LogP contribution is 2.26. The molecule has 1 aromatic heterocycles. The molecule has 0 radical (unpaired) electrons. The largest absolute Gasteiger partial charge is 0.409 e. The van der Waals surface area contributed by atoms with Gasteiger partial charge in [-0.3, -0.25) is 4.79 Å². The predicted octanol–water partition coefficient (Wildman–Crippen LogP) is 0.942. The highest BCUT2D eigenvalue weighted by atomic mass is 16.4. The van der Waals surface area contributed by atoms with Crippen LogP contribution in [0.2, 0.25) is 0 Å². The number of aromatic nitrogens is 2. The molecule has 0 aromatic carbocycles. The van der Waals surface area contributed by atoms with Gasteiger partial charge < -0.3 is 20.8 Å². The molecular formula is C13H23N5O2. The number of amides is 1. The van der Waals surface area contributed by atoms with E-state index in [1.807, 2.05) is 24.6 Å². The third-order valence-corrected chi connectivity index (χ3v) is 3.68. The lowest BCUT2D eigenvalue weighted by Crippen LogP contribution is -2.49. The minimum Gasteiger partial charge on any atom is -0.409 e. The van der Waals surface area contributed by atoms with Crippen LogP contribution in [0, 0.1) is 5.41 Å². The van der Waals surface area contributed by atoms with E-state index in [4.69, 9.17) is 10.9 Å². The fourth-order valence-electron chi connectivity index (χ4n) is 2.20. The SMILES string of the molecule is CCC(CC)(C(=O)NCCCn1ccnc1)C(N)=NO. The Morgan fingerprint density at radius 2 is 2.20 bits per heavy atom. The third kappa shape index (κ3) is 3.49. The lowest BCUT2D eigenvalue weighted by molar-refractivity contribution is -0.128. The minimum atomic E-state index is -0.927. The first-order valence-corrected chi connectivity index (χ1v) is 6.82. The van der Waals surface area contributed by atoms with Crippen molar-refractivity contribution in [1.82, 2.24) is 14.9 Å². The van der Waals surface area contributed by atoms with Crippen molar-refractivity contribution in [2.45, 2.75) is 39.7 Å². The summed E-state index contributed by atoms with van der Waals surface area (Å²) in [6, 6.07) is 0. The molecule has 0 aliphatic carbocycles. The van der Waals surface area contributed by atoms with Crippen LogP contribution < -0.4 is 11.1 Å². The summed E-state index contributed by atoms with van der Waals surface area (Å²) < 4.78 is 1.95. The van der Waals surface area contributed by atoms with Crippen LogP contribution in [0.4, 0.5) is 0 Å². The van der Waals surface area contributed by atoms with E-state index in [2.05, 4.69) is 15.5 Å². The number of rotatable bonds is 8. The van der Waals surface area contributed by atoms with Gasteiger partial charge in [-0.15, -0.1) is 0 Å². The number of nitrogens with two attached hydrogens (primary N) is 1. The number of aryl methyl sites for hydroxylation is 1. The summed E-state index contributed by atoms with van der Waals surface area (Å²) in [6.07, 6.45) is 7.11. The maximum Gasteiger partial charge on any atom is 0.233 e. The molecule has 0 fully saturated rings. The van der Waals surface area contributed by atoms with E-state index >= 15 is 0 Å². The molecule has 1 rings (SSSR count). The number of hydrogen-bond acceptors (Lipinski definition) is 4. The number of nitrogens with one attached hydrogen (secondary N) is 1. The Morgan fingerprint density at radius 1 is 1.50 bits per heavy atom. The van der Waals surface area contributed by atoms with Crippen molar-refractivity contribution < 1.29 is 10.0 Å². The van der Waals surface area contributed by atoms with Crippen molar-refractivity contribution in [2.24, 2.45) is 16.3 Å². The normalized spacial score (nSPS) is 12.4. The summed E-state index contributed by atoms with van der Waals surface area (Å²) >= 11 is 0. The lowest BCUT2D eigenvalue weighted by atomic mass is 9.80. The maximum absolute atomic E-state index is 12.3. The number of carbonyl (C=O) groups is 1. The molecule has 0 aliphatic heterocycles. The second kappa shape index (κ2) is 7.52. The van der Waals surface area contributed by atoms with Gasteiger partial charge in [-0.05, 0) is 19.3 Å². The highest BCUT2D eigenvalue weighted by Gasteiger charge is 2.39. The molecule has 112 valence electrons. The van der Waals surface area contributed by atoms with Crippen molar-refractivity contribution in [2.75, 3.05) is 6.54 Å². The van der Waals surface area contributed by atoms with Crippen LogP contribution in [-0.4, -0.2) is 33.0 Å². The molecule has 1 amide bonds. The van der Waals surface area contributed by atoms with Crippen molar-refractivity contribution in [3.05, 3.63) is 18.7 Å². The fraction of sp³-hybridized carbons (Fsp3) is 0.615. The van der Waals surface area contributed by atoms with Crippen LogP contribution in [0.15, 0.2) is 23.9 Å². The molecule has 0 spiro atoms. The summed E-state index contributed by atoms with van der Waals surface area (Å²) in [4.78, 5) is 16.2. The van der Waals surface area contributed by atoms with E-state index in [1.54, 1.807) is 12.5 Å². The van der Waals surface area contributed by atoms with Gasteiger partial charge in [0.05, 0.1) is 6.33 Å². The first-order valence-electron chi connectivity index (χ1n) is 6.82. The Morgan fingerprint density at radius 3 is 2.70 bits per heavy atom. The first kappa shape index (κ1) is 16.0. The molecule has 0 bridgehead atoms. The Bertz CT molecular complexity index is 438. The van der Waals surface area contributed by atoms with E-state index in [1.165, 1.54) is 0 Å². The zero-order chi connectivity index (χ0) is 15.0. The van der Waals surface area contributed by atoms with Crippen LogP contribution in [-0.2, 0) is 11.3 Å². The van der Waals surface area contributed by atoms with Gasteiger partial charge in [-0.1, -0.05) is 19.0 Å². The van der Waals surface area contributed by atoms with Crippen LogP contribution >= 0.6 is 0 Å². The summed E-state index contributed by atoms with van der Waals surface area (Å²) in [5.74, 6) is -0.224. The molecule has 7 heteroatoms. The summed E-state index contributed by atoms with van der Waals surface area (Å²) in [7, 11) is 0. The molecule has 7 nitrogen and oxygen atoms in total. The van der Waals surface area contributed by atoms with Gasteiger partial charge in [0.25, 0.3) is 0 Å². The Kier molecular flexibility index (Phi) is 6.02. The topological polar surface area (TPSA) is 106 Å². The van der Waals surface area contributed by atoms with Crippen LogP contribution in [0.3, 0.4) is 0 Å². The Labute approximate surface area is 118 Å². The minimum absolute atomic E-state index is 0.0328. The highest BCUT2D eigenvalue weighted by molar-refractivity contribution is 6.06. The van der Waals surface area contributed by atoms with Gasteiger partial charge >= 0.3 is 0 Å². The van der Waals surface area contributed by atoms with Crippen molar-refractivity contribution >= 4 is 11.7 Å². The van der Waals surface area contributed by atoms with E-state index in [0.717, 1.165) is 13.0 Å². The van der Waals surface area contributed by atoms with Gasteiger partial charge in [0.2, 0.25) is 5.91 Å². The van der Waals surface area contributed by atoms with Gasteiger partial charge in [0, 0.05) is 25.5 Å². The predicted molar refractivity (Wildman–Crippen MR) is 76.3 cm³/mol. The van der Waals surface area contributed by atoms with Crippen molar-refractivity contribution in [3.63, 3.8) is 0 Å². The quantitative estimate of drug-likeness (QED) is 0.217. The molecule has 0 atom stereocenters. The fourth-order valence-corrected chi connectivity index (χ4v) is 2.20. The van der Waals surface area contributed by atoms with Gasteiger partial charge in [-0.25, -0.2) is 4.98 Å². The molecule has 1 aromatic rings. The van der Waals surface area contributed by atoms with Crippen molar-refractivity contribution in [1.29, 1.82) is 0 Å². The second-order valence-corrected chi connectivity index (χ2v) is 4.68. The summed E-state index contributed by atoms with van der Waals surface area (Å²) in [6.45, 7) is 5.03. The number of oxime groups is 1. The molecule has 0 saturated heterocycles. The number of amidine groups is 1. The molecule has 0 aliphatic rings. The Balaban J connectivity index is 2.50. The van der Waals surface area contributed by atoms with Gasteiger partial charge in [-0.2, -0.15) is 0 Å². The van der Waals surface area contributed by atoms with E-state index in [9.17, 15) is 4.79 Å². The summed E-state index contributed by atoms with van der Waals surface area (Å²) in [5, 5.41) is 14.7. The molecular weight excluding hydrogens is 258 g/mol. The standard InChI is InChI=1S/C13H23N5O2/c1-3-13(4-2,11(14)17-20)12(19)16-6-5-8-18-9-7-15-10-18/h7,9-10,20H,3-6,8H2,1-2H3,(H2,14,17)(H,16,19). The summed E-state index contributed by atoms with van der Waals surface area (Å²) in [5.41, 5.74) is 4.76. The van der Waals surface area contributed by atoms with Crippen LogP contribution in [0.5, 0.6) is 0 Å². The van der Waals surface area contributed by atoms with E-state index < -0.39 is 5.41 Å². The third-order valence-electron chi connectivity index (χ3n) is 3.68. The average Bonchev–Trinajstić information content (AvgIpc) is 2.98. The molecule has 0 saturated carbocycles. The second-order valence-electron chi connectivity index (χ2n) is 4.68. The van der Waals surface area contributed by atoms with Crippen LogP contribution in [0.25, 0.3) is 0 Å². The number of carbonyl (C=O) groups excluding carboxylic acids is 1. The van der Waals surface area contributed by atoms with Crippen molar-refractivity contribution in [3.8, 4) is 0 Å². The lowest BCUT2D eigenvalue weighted by Gasteiger charge is -2.28. The Hall–Kier alpha value is -2.05. The maximum atomic E-state index is 12.3. The molecule has 1 heterocycles. The number of nitrogens with zero attached hydrogens (tertiary/aromatic N) is 3. The van der Waals surface area contributed by atoms with Gasteiger partial charge in [0.15, 0.2) is 5.84 Å². The molecule has 0 unspecified atom stereocenters. The smallest absolute Gasteiger partial charge is 0.233 e. The first-order chi connectivity index (χ1) is 9.60. The zero-order valence-corrected chi connectivity index (χ0v) is 12.0. The monoisotopic (exact) mass is 281 g/mol. The molecule has 4 N–H and O–H groups in total. The van der Waals surface area contributed by atoms with E-state index in [0.29, 0.717) is 19.4 Å². The average molecular weight is 281 g/mol. The van der Waals surface area contributed by atoms with Crippen LogP contribution in [0.1, 0.15) is 33.1 Å². The number of hydrogen-bond donors (Lipinski definition) is 3. The van der Waals surface area contributed by atoms with Gasteiger partial charge in [0.1, 0.15) is 5.41 Å². The number of imidazole rings is 1.